The molecule has 1 N–H and O–H groups in total. The van der Waals surface area contributed by atoms with Crippen LogP contribution in [-0.2, 0) is 32.9 Å². The minimum absolute atomic E-state index is 0.0445. The van der Waals surface area contributed by atoms with Crippen molar-refractivity contribution in [2.24, 2.45) is 0 Å². The van der Waals surface area contributed by atoms with Gasteiger partial charge in [-0.1, -0.05) is 30.3 Å². The van der Waals surface area contributed by atoms with E-state index in [1.54, 1.807) is 21.0 Å². The van der Waals surface area contributed by atoms with Crippen molar-refractivity contribution in [3.63, 3.8) is 0 Å². The fraction of sp³-hybridized carbons (Fsp3) is 0.348. The van der Waals surface area contributed by atoms with Gasteiger partial charge in [-0.05, 0) is 49.2 Å². The second-order valence-electron chi connectivity index (χ2n) is 6.99. The van der Waals surface area contributed by atoms with Crippen molar-refractivity contribution in [2.75, 3.05) is 20.3 Å². The van der Waals surface area contributed by atoms with Gasteiger partial charge in [0.1, 0.15) is 5.75 Å². The molecule has 0 radical (unpaired) electrons. The van der Waals surface area contributed by atoms with E-state index in [1.165, 1.54) is 0 Å². The van der Waals surface area contributed by atoms with Crippen LogP contribution in [-0.4, -0.2) is 35.2 Å². The van der Waals surface area contributed by atoms with Crippen LogP contribution in [0.4, 0.5) is 0 Å². The third kappa shape index (κ3) is 6.05. The van der Waals surface area contributed by atoms with Gasteiger partial charge in [0.05, 0.1) is 51.0 Å². The number of ether oxygens (including phenoxy) is 1. The molecule has 3 rings (SSSR count). The van der Waals surface area contributed by atoms with E-state index < -0.39 is 7.60 Å². The Morgan fingerprint density at radius 1 is 1.00 bits per heavy atom. The van der Waals surface area contributed by atoms with Crippen molar-refractivity contribution in [1.29, 1.82) is 0 Å². The van der Waals surface area contributed by atoms with Crippen molar-refractivity contribution < 1.29 is 23.5 Å². The normalized spacial score (nSPS) is 11.6. The van der Waals surface area contributed by atoms with Gasteiger partial charge >= 0.3 is 7.60 Å². The summed E-state index contributed by atoms with van der Waals surface area (Å²) in [4.78, 5) is 0. The SMILES string of the molecule is CCOP(=O)(Cc1cc(-c2cccc(CO)c2)nn1Cc1ccc(OC)cc1)OCC. The lowest BCUT2D eigenvalue weighted by Gasteiger charge is -2.17. The van der Waals surface area contributed by atoms with Crippen molar-refractivity contribution in [3.8, 4) is 17.0 Å². The maximum absolute atomic E-state index is 13.2. The average molecular weight is 444 g/mol. The fourth-order valence-electron chi connectivity index (χ4n) is 3.31. The van der Waals surface area contributed by atoms with Crippen LogP contribution in [0.1, 0.15) is 30.7 Å². The van der Waals surface area contributed by atoms with E-state index in [0.717, 1.165) is 33.8 Å². The monoisotopic (exact) mass is 444 g/mol. The molecule has 0 atom stereocenters. The van der Waals surface area contributed by atoms with Crippen LogP contribution >= 0.6 is 7.60 Å². The summed E-state index contributed by atoms with van der Waals surface area (Å²) in [5.74, 6) is 0.781. The highest BCUT2D eigenvalue weighted by atomic mass is 31.2. The molecule has 31 heavy (non-hydrogen) atoms. The van der Waals surface area contributed by atoms with Gasteiger partial charge < -0.3 is 18.9 Å². The second-order valence-corrected chi connectivity index (χ2v) is 9.04. The Morgan fingerprint density at radius 3 is 2.32 bits per heavy atom. The van der Waals surface area contributed by atoms with E-state index in [0.29, 0.717) is 19.8 Å². The van der Waals surface area contributed by atoms with Crippen molar-refractivity contribution >= 4 is 7.60 Å². The molecule has 3 aromatic rings. The van der Waals surface area contributed by atoms with E-state index in [1.807, 2.05) is 59.3 Å². The molecule has 1 heterocycles. The van der Waals surface area contributed by atoms with Crippen LogP contribution in [0.3, 0.4) is 0 Å². The zero-order valence-corrected chi connectivity index (χ0v) is 19.0. The summed E-state index contributed by atoms with van der Waals surface area (Å²) in [5, 5.41) is 14.2. The number of methoxy groups -OCH3 is 1. The molecule has 0 aliphatic heterocycles. The highest BCUT2D eigenvalue weighted by molar-refractivity contribution is 7.53. The van der Waals surface area contributed by atoms with Crippen molar-refractivity contribution in [1.82, 2.24) is 9.78 Å². The summed E-state index contributed by atoms with van der Waals surface area (Å²) in [6.45, 7) is 4.65. The Morgan fingerprint density at radius 2 is 1.71 bits per heavy atom. The molecule has 1 aromatic heterocycles. The molecule has 7 nitrogen and oxygen atoms in total. The van der Waals surface area contributed by atoms with Gasteiger partial charge in [0.25, 0.3) is 0 Å². The number of aliphatic hydroxyl groups excluding tert-OH is 1. The summed E-state index contributed by atoms with van der Waals surface area (Å²) in [5.41, 5.74) is 4.20. The largest absolute Gasteiger partial charge is 0.497 e. The lowest BCUT2D eigenvalue weighted by atomic mass is 10.1. The third-order valence-electron chi connectivity index (χ3n) is 4.77. The lowest BCUT2D eigenvalue weighted by molar-refractivity contribution is 0.218. The van der Waals surface area contributed by atoms with Crippen LogP contribution in [0.15, 0.2) is 54.6 Å². The van der Waals surface area contributed by atoms with Crippen molar-refractivity contribution in [3.05, 3.63) is 71.4 Å². The number of hydrogen-bond acceptors (Lipinski definition) is 6. The Hall–Kier alpha value is -2.44. The number of aromatic nitrogens is 2. The molecular formula is C23H29N2O5P. The van der Waals surface area contributed by atoms with Gasteiger partial charge in [0.15, 0.2) is 0 Å². The van der Waals surface area contributed by atoms with Crippen LogP contribution in [0, 0.1) is 0 Å². The fourth-order valence-corrected chi connectivity index (χ4v) is 5.01. The molecule has 0 amide bonds. The molecule has 0 unspecified atom stereocenters. The number of aliphatic hydroxyl groups is 1. The zero-order chi connectivity index (χ0) is 22.3. The van der Waals surface area contributed by atoms with E-state index in [-0.39, 0.29) is 12.8 Å². The molecule has 0 aliphatic carbocycles. The summed E-state index contributed by atoms with van der Waals surface area (Å²) < 4.78 is 31.2. The van der Waals surface area contributed by atoms with E-state index in [4.69, 9.17) is 18.9 Å². The first-order valence-electron chi connectivity index (χ1n) is 10.3. The van der Waals surface area contributed by atoms with Gasteiger partial charge in [-0.25, -0.2) is 0 Å². The van der Waals surface area contributed by atoms with Gasteiger partial charge in [-0.15, -0.1) is 0 Å². The first-order chi connectivity index (χ1) is 15.0. The van der Waals surface area contributed by atoms with Gasteiger partial charge in [-0.3, -0.25) is 9.25 Å². The molecule has 0 aliphatic rings. The van der Waals surface area contributed by atoms with Crippen LogP contribution in [0.2, 0.25) is 0 Å². The molecule has 8 heteroatoms. The first-order valence-corrected chi connectivity index (χ1v) is 12.0. The van der Waals surface area contributed by atoms with Gasteiger partial charge in [-0.2, -0.15) is 5.10 Å². The Balaban J connectivity index is 1.98. The minimum Gasteiger partial charge on any atom is -0.497 e. The Kier molecular flexibility index (Phi) is 8.04. The molecule has 0 saturated carbocycles. The van der Waals surface area contributed by atoms with E-state index in [9.17, 15) is 9.67 Å². The summed E-state index contributed by atoms with van der Waals surface area (Å²) in [6, 6.07) is 17.2. The van der Waals surface area contributed by atoms with E-state index in [2.05, 4.69) is 0 Å². The number of nitrogens with zero attached hydrogens (tertiary/aromatic N) is 2. The van der Waals surface area contributed by atoms with E-state index >= 15 is 0 Å². The smallest absolute Gasteiger partial charge is 0.336 e. The molecular weight excluding hydrogens is 415 g/mol. The predicted molar refractivity (Wildman–Crippen MR) is 120 cm³/mol. The quantitative estimate of drug-likeness (QED) is 0.425. The van der Waals surface area contributed by atoms with Crippen molar-refractivity contribution in [2.45, 2.75) is 33.2 Å². The predicted octanol–water partition coefficient (Wildman–Crippen LogP) is 4.87. The number of rotatable bonds is 11. The van der Waals surface area contributed by atoms with Crippen LogP contribution < -0.4 is 4.74 Å². The minimum atomic E-state index is -3.30. The zero-order valence-electron chi connectivity index (χ0n) is 18.2. The number of hydrogen-bond donors (Lipinski definition) is 1. The Labute approximate surface area is 183 Å². The summed E-state index contributed by atoms with van der Waals surface area (Å²) in [6.07, 6.45) is 0.123. The molecule has 0 saturated heterocycles. The topological polar surface area (TPSA) is 82.8 Å². The average Bonchev–Trinajstić information content (AvgIpc) is 3.16. The third-order valence-corrected chi connectivity index (χ3v) is 6.78. The molecule has 166 valence electrons. The number of benzene rings is 2. The highest BCUT2D eigenvalue weighted by Crippen LogP contribution is 2.51. The maximum atomic E-state index is 13.2. The highest BCUT2D eigenvalue weighted by Gasteiger charge is 2.27. The Bertz CT molecular complexity index is 1020. The van der Waals surface area contributed by atoms with Gasteiger partial charge in [0, 0.05) is 5.56 Å². The molecule has 0 bridgehead atoms. The maximum Gasteiger partial charge on any atom is 0.336 e. The standard InChI is InChI=1S/C23H29N2O5P/c1-4-29-31(27,30-5-2)17-21-14-23(20-8-6-7-19(13-20)16-26)24-25(21)15-18-9-11-22(28-3)12-10-18/h6-14,26H,4-5,15-17H2,1-3H3. The summed E-state index contributed by atoms with van der Waals surface area (Å²) >= 11 is 0. The first kappa shape index (κ1) is 23.2. The van der Waals surface area contributed by atoms with Crippen LogP contribution in [0.5, 0.6) is 5.75 Å². The molecule has 0 fully saturated rings. The second kappa shape index (κ2) is 10.7. The van der Waals surface area contributed by atoms with Gasteiger partial charge in [0.2, 0.25) is 0 Å². The molecule has 0 spiro atoms. The van der Waals surface area contributed by atoms with Crippen LogP contribution in [0.25, 0.3) is 11.3 Å². The molecule has 2 aromatic carbocycles. The lowest BCUT2D eigenvalue weighted by Crippen LogP contribution is -2.08. The summed E-state index contributed by atoms with van der Waals surface area (Å²) in [7, 11) is -1.67.